The largest absolute Gasteiger partial charge is 0.465 e. The average molecular weight is 401 g/mol. The van der Waals surface area contributed by atoms with Crippen molar-refractivity contribution in [1.82, 2.24) is 19.5 Å². The van der Waals surface area contributed by atoms with E-state index in [0.29, 0.717) is 4.60 Å². The number of methoxy groups -OCH3 is 1. The first-order chi connectivity index (χ1) is 11.3. The normalized spacial score (nSPS) is 11.7. The molecule has 24 heavy (non-hydrogen) atoms. The highest BCUT2D eigenvalue weighted by Crippen LogP contribution is 2.33. The minimum Gasteiger partial charge on any atom is -0.465 e. The van der Waals surface area contributed by atoms with Gasteiger partial charge < -0.3 is 4.74 Å². The van der Waals surface area contributed by atoms with Crippen LogP contribution in [-0.4, -0.2) is 32.6 Å². The lowest BCUT2D eigenvalue weighted by Gasteiger charge is -2.10. The maximum absolute atomic E-state index is 13.3. The van der Waals surface area contributed by atoms with Gasteiger partial charge in [-0.3, -0.25) is 4.57 Å². The number of carbonyl (C=O) groups is 1. The van der Waals surface area contributed by atoms with Crippen LogP contribution in [0.25, 0.3) is 16.9 Å². The summed E-state index contributed by atoms with van der Waals surface area (Å²) in [5, 5.41) is 0. The van der Waals surface area contributed by atoms with Gasteiger partial charge in [-0.05, 0) is 34.1 Å². The monoisotopic (exact) mass is 400 g/mol. The summed E-state index contributed by atoms with van der Waals surface area (Å²) in [7, 11) is 1.18. The molecule has 0 fully saturated rings. The molecule has 3 rings (SSSR count). The van der Waals surface area contributed by atoms with Gasteiger partial charge in [-0.1, -0.05) is 0 Å². The molecule has 0 N–H and O–H groups in total. The van der Waals surface area contributed by atoms with Crippen molar-refractivity contribution < 1.29 is 22.7 Å². The molecule has 0 aliphatic carbocycles. The summed E-state index contributed by atoms with van der Waals surface area (Å²) in [6.07, 6.45) is -2.24. The molecule has 0 saturated heterocycles. The Labute approximate surface area is 141 Å². The van der Waals surface area contributed by atoms with Crippen LogP contribution >= 0.6 is 15.9 Å². The molecule has 10 heteroatoms. The molecule has 6 nitrogen and oxygen atoms in total. The van der Waals surface area contributed by atoms with Crippen molar-refractivity contribution in [3.05, 3.63) is 46.6 Å². The van der Waals surface area contributed by atoms with Crippen LogP contribution in [-0.2, 0) is 10.9 Å². The Morgan fingerprint density at radius 1 is 1.25 bits per heavy atom. The fourth-order valence-corrected chi connectivity index (χ4v) is 2.37. The van der Waals surface area contributed by atoms with Crippen molar-refractivity contribution >= 4 is 32.9 Å². The minimum absolute atomic E-state index is 0.00468. The number of halogens is 4. The molecule has 0 unspecified atom stereocenters. The van der Waals surface area contributed by atoms with Gasteiger partial charge in [0.15, 0.2) is 5.82 Å². The third kappa shape index (κ3) is 2.84. The fraction of sp³-hybridized carbons (Fsp3) is 0.143. The van der Waals surface area contributed by atoms with Crippen molar-refractivity contribution in [3.8, 4) is 5.82 Å². The standard InChI is InChI=1S/C14H8BrF3N4O2/c1-24-12(23)7-2-3-9-8(4-7)21-13(14(16,17)18)22(9)11-6-19-10(15)5-20-11/h2-6H,1H3. The summed E-state index contributed by atoms with van der Waals surface area (Å²) in [6, 6.07) is 3.95. The number of carbonyl (C=O) groups excluding carboxylic acids is 1. The molecule has 0 amide bonds. The van der Waals surface area contributed by atoms with Crippen LogP contribution in [0.5, 0.6) is 0 Å². The number of alkyl halides is 3. The number of aromatic nitrogens is 4. The number of hydrogen-bond donors (Lipinski definition) is 0. The molecular weight excluding hydrogens is 393 g/mol. The SMILES string of the molecule is COC(=O)c1ccc2c(c1)nc(C(F)(F)F)n2-c1cnc(Br)cn1. The van der Waals surface area contributed by atoms with Gasteiger partial charge in [0, 0.05) is 0 Å². The molecule has 3 aromatic rings. The highest BCUT2D eigenvalue weighted by Gasteiger charge is 2.38. The zero-order valence-corrected chi connectivity index (χ0v) is 13.6. The van der Waals surface area contributed by atoms with E-state index in [9.17, 15) is 18.0 Å². The van der Waals surface area contributed by atoms with Crippen molar-refractivity contribution in [1.29, 1.82) is 0 Å². The number of hydrogen-bond acceptors (Lipinski definition) is 5. The first kappa shape index (κ1) is 16.4. The van der Waals surface area contributed by atoms with Gasteiger partial charge in [-0.15, -0.1) is 0 Å². The lowest BCUT2D eigenvalue weighted by Crippen LogP contribution is -2.14. The first-order valence-electron chi connectivity index (χ1n) is 6.47. The molecule has 0 aliphatic rings. The Bertz CT molecular complexity index is 922. The summed E-state index contributed by atoms with van der Waals surface area (Å²) >= 11 is 3.08. The average Bonchev–Trinajstić information content (AvgIpc) is 2.93. The van der Waals surface area contributed by atoms with Gasteiger partial charge in [0.1, 0.15) is 4.60 Å². The maximum atomic E-state index is 13.3. The van der Waals surface area contributed by atoms with Crippen LogP contribution in [0.3, 0.4) is 0 Å². The number of benzene rings is 1. The number of imidazole rings is 1. The molecule has 0 spiro atoms. The van der Waals surface area contributed by atoms with E-state index < -0.39 is 18.0 Å². The molecule has 1 aromatic carbocycles. The van der Waals surface area contributed by atoms with Crippen LogP contribution in [0.1, 0.15) is 16.2 Å². The van der Waals surface area contributed by atoms with Crippen LogP contribution in [0.15, 0.2) is 35.2 Å². The molecule has 0 radical (unpaired) electrons. The van der Waals surface area contributed by atoms with E-state index in [-0.39, 0.29) is 22.4 Å². The predicted octanol–water partition coefficient (Wildman–Crippen LogP) is 3.38. The quantitative estimate of drug-likeness (QED) is 0.616. The molecule has 0 aliphatic heterocycles. The predicted molar refractivity (Wildman–Crippen MR) is 80.7 cm³/mol. The van der Waals surface area contributed by atoms with Gasteiger partial charge in [-0.2, -0.15) is 13.2 Å². The lowest BCUT2D eigenvalue weighted by molar-refractivity contribution is -0.145. The van der Waals surface area contributed by atoms with Gasteiger partial charge in [0.05, 0.1) is 36.1 Å². The second-order valence-corrected chi connectivity index (χ2v) is 5.47. The summed E-state index contributed by atoms with van der Waals surface area (Å²) in [5.41, 5.74) is 0.242. The number of rotatable bonds is 2. The summed E-state index contributed by atoms with van der Waals surface area (Å²) in [4.78, 5) is 23.0. The Balaban J connectivity index is 2.29. The van der Waals surface area contributed by atoms with E-state index in [2.05, 4.69) is 35.6 Å². The Kier molecular flexibility index (Phi) is 3.99. The molecule has 2 heterocycles. The van der Waals surface area contributed by atoms with Crippen molar-refractivity contribution in [2.45, 2.75) is 6.18 Å². The second kappa shape index (κ2) is 5.86. The summed E-state index contributed by atoms with van der Waals surface area (Å²) in [5.74, 6) is -1.86. The van der Waals surface area contributed by atoms with E-state index in [1.54, 1.807) is 0 Å². The highest BCUT2D eigenvalue weighted by molar-refractivity contribution is 9.10. The number of nitrogens with zero attached hydrogens (tertiary/aromatic N) is 4. The third-order valence-corrected chi connectivity index (χ3v) is 3.57. The van der Waals surface area contributed by atoms with E-state index in [4.69, 9.17) is 0 Å². The van der Waals surface area contributed by atoms with Crippen LogP contribution in [0, 0.1) is 0 Å². The summed E-state index contributed by atoms with van der Waals surface area (Å²) in [6.45, 7) is 0. The van der Waals surface area contributed by atoms with E-state index in [0.717, 1.165) is 4.57 Å². The van der Waals surface area contributed by atoms with Crippen LogP contribution in [0.4, 0.5) is 13.2 Å². The van der Waals surface area contributed by atoms with E-state index in [1.807, 2.05) is 0 Å². The van der Waals surface area contributed by atoms with E-state index in [1.165, 1.54) is 37.7 Å². The molecule has 0 saturated carbocycles. The molecular formula is C14H8BrF3N4O2. The lowest BCUT2D eigenvalue weighted by atomic mass is 10.2. The van der Waals surface area contributed by atoms with Crippen molar-refractivity contribution in [2.75, 3.05) is 7.11 Å². The van der Waals surface area contributed by atoms with Gasteiger partial charge >= 0.3 is 12.1 Å². The molecule has 124 valence electrons. The zero-order chi connectivity index (χ0) is 17.5. The highest BCUT2D eigenvalue weighted by atomic mass is 79.9. The van der Waals surface area contributed by atoms with Gasteiger partial charge in [0.2, 0.25) is 5.82 Å². The Morgan fingerprint density at radius 3 is 2.58 bits per heavy atom. The summed E-state index contributed by atoms with van der Waals surface area (Å²) < 4.78 is 45.8. The number of esters is 1. The first-order valence-corrected chi connectivity index (χ1v) is 7.26. The topological polar surface area (TPSA) is 69.9 Å². The Morgan fingerprint density at radius 2 is 2.00 bits per heavy atom. The number of ether oxygens (including phenoxy) is 1. The molecule has 0 atom stereocenters. The van der Waals surface area contributed by atoms with Crippen LogP contribution < -0.4 is 0 Å². The van der Waals surface area contributed by atoms with Crippen molar-refractivity contribution in [3.63, 3.8) is 0 Å². The van der Waals surface area contributed by atoms with Gasteiger partial charge in [0.25, 0.3) is 0 Å². The molecule has 0 bridgehead atoms. The Hall–Kier alpha value is -2.49. The van der Waals surface area contributed by atoms with Crippen molar-refractivity contribution in [2.24, 2.45) is 0 Å². The minimum atomic E-state index is -4.71. The maximum Gasteiger partial charge on any atom is 0.450 e. The second-order valence-electron chi connectivity index (χ2n) is 4.66. The molecule has 2 aromatic heterocycles. The fourth-order valence-electron chi connectivity index (χ4n) is 2.17. The third-order valence-electron chi connectivity index (χ3n) is 3.16. The van der Waals surface area contributed by atoms with E-state index >= 15 is 0 Å². The zero-order valence-electron chi connectivity index (χ0n) is 12.0. The van der Waals surface area contributed by atoms with Crippen LogP contribution in [0.2, 0.25) is 0 Å². The number of fused-ring (bicyclic) bond motifs is 1. The smallest absolute Gasteiger partial charge is 0.450 e. The van der Waals surface area contributed by atoms with Gasteiger partial charge in [-0.25, -0.2) is 19.7 Å².